The summed E-state index contributed by atoms with van der Waals surface area (Å²) in [6.45, 7) is 8.24. The molecule has 0 aromatic heterocycles. The van der Waals surface area contributed by atoms with Crippen LogP contribution in [0.5, 0.6) is 0 Å². The van der Waals surface area contributed by atoms with Crippen molar-refractivity contribution in [2.75, 3.05) is 7.11 Å². The maximum Gasteiger partial charge on any atom is 0.333 e. The van der Waals surface area contributed by atoms with Gasteiger partial charge in [-0.15, -0.1) is 0 Å². The van der Waals surface area contributed by atoms with Crippen molar-refractivity contribution in [1.82, 2.24) is 0 Å². The second-order valence-corrected chi connectivity index (χ2v) is 5.46. The first-order valence-electron chi connectivity index (χ1n) is 4.07. The van der Waals surface area contributed by atoms with E-state index in [-0.39, 0.29) is 11.2 Å². The minimum atomic E-state index is -1.15. The quantitative estimate of drug-likeness (QED) is 0.598. The highest BCUT2D eigenvalue weighted by Crippen LogP contribution is 2.53. The van der Waals surface area contributed by atoms with E-state index in [4.69, 9.17) is 13.6 Å². The molecule has 12 heavy (non-hydrogen) atoms. The summed E-state index contributed by atoms with van der Waals surface area (Å²) in [6, 6.07) is 0. The van der Waals surface area contributed by atoms with Crippen molar-refractivity contribution in [1.29, 1.82) is 0 Å². The van der Waals surface area contributed by atoms with Crippen molar-refractivity contribution in [3.05, 3.63) is 0 Å². The predicted octanol–water partition coefficient (Wildman–Crippen LogP) is 2.85. The molecule has 0 unspecified atom stereocenters. The summed E-state index contributed by atoms with van der Waals surface area (Å²) in [6.07, 6.45) is 0.891. The highest BCUT2D eigenvalue weighted by Gasteiger charge is 2.41. The fourth-order valence-electron chi connectivity index (χ4n) is 1.59. The second kappa shape index (κ2) is 3.22. The first kappa shape index (κ1) is 10.4. The highest BCUT2D eigenvalue weighted by atomic mass is 31.2. The minimum absolute atomic E-state index is 0.135. The van der Waals surface area contributed by atoms with Crippen LogP contribution in [0, 0.1) is 0 Å². The van der Waals surface area contributed by atoms with Crippen LogP contribution in [0.4, 0.5) is 0 Å². The molecular formula is C8H17O3P. The molecule has 0 N–H and O–H groups in total. The lowest BCUT2D eigenvalue weighted by Gasteiger charge is -2.42. The topological polar surface area (TPSA) is 27.7 Å². The van der Waals surface area contributed by atoms with Crippen molar-refractivity contribution in [3.8, 4) is 0 Å². The van der Waals surface area contributed by atoms with Crippen LogP contribution in [0.15, 0.2) is 0 Å². The van der Waals surface area contributed by atoms with Crippen LogP contribution in [-0.4, -0.2) is 18.3 Å². The molecule has 0 atom stereocenters. The zero-order chi connectivity index (χ0) is 9.41. The molecule has 0 radical (unpaired) electrons. The van der Waals surface area contributed by atoms with Crippen LogP contribution < -0.4 is 0 Å². The first-order chi connectivity index (χ1) is 5.35. The third-order valence-electron chi connectivity index (χ3n) is 1.64. The molecule has 1 fully saturated rings. The van der Waals surface area contributed by atoms with E-state index in [0.717, 1.165) is 6.42 Å². The Morgan fingerprint density at radius 2 is 1.50 bits per heavy atom. The van der Waals surface area contributed by atoms with Gasteiger partial charge in [0, 0.05) is 13.5 Å². The average Bonchev–Trinajstić information content (AvgIpc) is 1.80. The second-order valence-electron chi connectivity index (χ2n) is 4.28. The van der Waals surface area contributed by atoms with Crippen molar-refractivity contribution in [2.45, 2.75) is 45.3 Å². The van der Waals surface area contributed by atoms with E-state index in [1.54, 1.807) is 7.11 Å². The number of hydrogen-bond acceptors (Lipinski definition) is 3. The lowest BCUT2D eigenvalue weighted by molar-refractivity contribution is -0.0659. The number of hydrogen-bond donors (Lipinski definition) is 0. The van der Waals surface area contributed by atoms with Crippen LogP contribution in [0.3, 0.4) is 0 Å². The van der Waals surface area contributed by atoms with Crippen LogP contribution in [0.1, 0.15) is 34.1 Å². The maximum atomic E-state index is 5.58. The van der Waals surface area contributed by atoms with Crippen molar-refractivity contribution >= 4 is 8.60 Å². The summed E-state index contributed by atoms with van der Waals surface area (Å²) in [5.41, 5.74) is -0.271. The van der Waals surface area contributed by atoms with E-state index in [1.165, 1.54) is 0 Å². The van der Waals surface area contributed by atoms with Crippen molar-refractivity contribution < 1.29 is 13.6 Å². The van der Waals surface area contributed by atoms with Gasteiger partial charge in [0.2, 0.25) is 0 Å². The third kappa shape index (κ3) is 2.67. The van der Waals surface area contributed by atoms with Gasteiger partial charge in [-0.25, -0.2) is 0 Å². The summed E-state index contributed by atoms with van der Waals surface area (Å²) in [4.78, 5) is 0. The van der Waals surface area contributed by atoms with E-state index in [2.05, 4.69) is 27.7 Å². The van der Waals surface area contributed by atoms with Gasteiger partial charge in [0.25, 0.3) is 0 Å². The Balaban J connectivity index is 2.66. The van der Waals surface area contributed by atoms with Gasteiger partial charge >= 0.3 is 8.60 Å². The summed E-state index contributed by atoms with van der Waals surface area (Å²) >= 11 is 0. The maximum absolute atomic E-state index is 5.58. The van der Waals surface area contributed by atoms with E-state index >= 15 is 0 Å². The molecule has 72 valence electrons. The molecule has 0 amide bonds. The Morgan fingerprint density at radius 1 is 1.08 bits per heavy atom. The van der Waals surface area contributed by atoms with Crippen LogP contribution in [-0.2, 0) is 13.6 Å². The molecule has 1 saturated heterocycles. The SMILES string of the molecule is COP1OC(C)(C)CC(C)(C)O1. The Hall–Kier alpha value is 0.310. The third-order valence-corrected chi connectivity index (χ3v) is 3.23. The normalized spacial score (nSPS) is 28.8. The summed E-state index contributed by atoms with van der Waals surface area (Å²) in [7, 11) is 0.469. The van der Waals surface area contributed by atoms with Crippen LogP contribution in [0.2, 0.25) is 0 Å². The van der Waals surface area contributed by atoms with E-state index in [0.29, 0.717) is 0 Å². The minimum Gasteiger partial charge on any atom is -0.316 e. The van der Waals surface area contributed by atoms with Crippen molar-refractivity contribution in [3.63, 3.8) is 0 Å². The lowest BCUT2D eigenvalue weighted by Crippen LogP contribution is -2.40. The van der Waals surface area contributed by atoms with Gasteiger partial charge in [0.15, 0.2) is 0 Å². The Morgan fingerprint density at radius 3 is 1.83 bits per heavy atom. The van der Waals surface area contributed by atoms with E-state index in [1.807, 2.05) is 0 Å². The molecule has 0 aromatic carbocycles. The van der Waals surface area contributed by atoms with E-state index < -0.39 is 8.60 Å². The molecule has 0 bridgehead atoms. The first-order valence-corrected chi connectivity index (χ1v) is 5.17. The van der Waals surface area contributed by atoms with Gasteiger partial charge in [-0.05, 0) is 27.7 Å². The van der Waals surface area contributed by atoms with Crippen LogP contribution in [0.25, 0.3) is 0 Å². The Labute approximate surface area is 75.4 Å². The van der Waals surface area contributed by atoms with Crippen LogP contribution >= 0.6 is 8.60 Å². The molecular weight excluding hydrogens is 175 g/mol. The predicted molar refractivity (Wildman–Crippen MR) is 48.9 cm³/mol. The van der Waals surface area contributed by atoms with E-state index in [9.17, 15) is 0 Å². The fraction of sp³-hybridized carbons (Fsp3) is 1.00. The standard InChI is InChI=1S/C8H17O3P/c1-7(2)6-8(3,4)11-12(9-5)10-7/h6H2,1-5H3. The Kier molecular flexibility index (Phi) is 2.79. The lowest BCUT2D eigenvalue weighted by atomic mass is 9.93. The zero-order valence-electron chi connectivity index (χ0n) is 8.38. The number of rotatable bonds is 1. The van der Waals surface area contributed by atoms with Gasteiger partial charge in [-0.3, -0.25) is 0 Å². The van der Waals surface area contributed by atoms with Gasteiger partial charge in [-0.1, -0.05) is 0 Å². The van der Waals surface area contributed by atoms with Gasteiger partial charge in [-0.2, -0.15) is 0 Å². The summed E-state index contributed by atoms with van der Waals surface area (Å²) in [5, 5.41) is 0. The van der Waals surface area contributed by atoms with Gasteiger partial charge < -0.3 is 13.6 Å². The summed E-state index contributed by atoms with van der Waals surface area (Å²) in [5.74, 6) is 0. The molecule has 1 rings (SSSR count). The molecule has 4 heteroatoms. The Bertz CT molecular complexity index is 152. The molecule has 0 saturated carbocycles. The van der Waals surface area contributed by atoms with Crippen molar-refractivity contribution in [2.24, 2.45) is 0 Å². The smallest absolute Gasteiger partial charge is 0.316 e. The average molecular weight is 192 g/mol. The largest absolute Gasteiger partial charge is 0.333 e. The van der Waals surface area contributed by atoms with Gasteiger partial charge in [0.05, 0.1) is 11.2 Å². The molecule has 1 aliphatic rings. The molecule has 1 heterocycles. The molecule has 0 spiro atoms. The zero-order valence-corrected chi connectivity index (χ0v) is 9.27. The summed E-state index contributed by atoms with van der Waals surface area (Å²) < 4.78 is 16.2. The molecule has 0 aromatic rings. The molecule has 1 aliphatic heterocycles. The molecule has 3 nitrogen and oxygen atoms in total. The highest BCUT2D eigenvalue weighted by molar-refractivity contribution is 7.41. The van der Waals surface area contributed by atoms with Gasteiger partial charge in [0.1, 0.15) is 0 Å². The molecule has 0 aliphatic carbocycles. The monoisotopic (exact) mass is 192 g/mol. The fourth-order valence-corrected chi connectivity index (χ4v) is 2.71.